The molecule has 0 atom stereocenters. The van der Waals surface area contributed by atoms with E-state index in [9.17, 15) is 18.0 Å². The van der Waals surface area contributed by atoms with Crippen molar-refractivity contribution in [1.82, 2.24) is 10.2 Å². The summed E-state index contributed by atoms with van der Waals surface area (Å²) >= 11 is 0. The van der Waals surface area contributed by atoms with Gasteiger partial charge in [-0.2, -0.15) is 18.3 Å². The summed E-state index contributed by atoms with van der Waals surface area (Å²) < 4.78 is 38.5. The van der Waals surface area contributed by atoms with Crippen molar-refractivity contribution in [3.05, 3.63) is 23.8 Å². The van der Waals surface area contributed by atoms with Gasteiger partial charge in [0.15, 0.2) is 5.82 Å². The summed E-state index contributed by atoms with van der Waals surface area (Å²) in [5.41, 5.74) is -0.924. The first-order valence-corrected chi connectivity index (χ1v) is 6.13. The van der Waals surface area contributed by atoms with Crippen LogP contribution < -0.4 is 5.32 Å². The second-order valence-electron chi connectivity index (χ2n) is 4.94. The molecule has 2 rings (SSSR count). The lowest BCUT2D eigenvalue weighted by Gasteiger charge is -2.07. The molecule has 7 heteroatoms. The van der Waals surface area contributed by atoms with Crippen molar-refractivity contribution in [2.24, 2.45) is 5.92 Å². The summed E-state index contributed by atoms with van der Waals surface area (Å²) in [7, 11) is 0. The van der Waals surface area contributed by atoms with E-state index in [1.807, 2.05) is 13.8 Å². The van der Waals surface area contributed by atoms with E-state index in [0.717, 1.165) is 6.07 Å². The molecule has 1 aromatic heterocycles. The number of anilines is 1. The Kier molecular flexibility index (Phi) is 3.69. The number of para-hydroxylation sites is 1. The number of hydrogen-bond donors (Lipinski definition) is 2. The number of aromatic nitrogens is 2. The van der Waals surface area contributed by atoms with Gasteiger partial charge in [-0.3, -0.25) is 9.89 Å². The topological polar surface area (TPSA) is 57.8 Å². The van der Waals surface area contributed by atoms with E-state index in [0.29, 0.717) is 0 Å². The Morgan fingerprint density at radius 2 is 2.10 bits per heavy atom. The molecule has 1 aromatic carbocycles. The third-order valence-corrected chi connectivity index (χ3v) is 2.76. The second-order valence-corrected chi connectivity index (χ2v) is 4.94. The van der Waals surface area contributed by atoms with Crippen LogP contribution in [0.4, 0.5) is 19.0 Å². The first kappa shape index (κ1) is 14.4. The van der Waals surface area contributed by atoms with Crippen LogP contribution in [0.5, 0.6) is 0 Å². The van der Waals surface area contributed by atoms with Gasteiger partial charge in [-0.15, -0.1) is 0 Å². The molecule has 2 aromatic rings. The zero-order chi connectivity index (χ0) is 14.9. The van der Waals surface area contributed by atoms with Crippen LogP contribution in [0.1, 0.15) is 25.8 Å². The fourth-order valence-corrected chi connectivity index (χ4v) is 1.93. The first-order chi connectivity index (χ1) is 9.29. The molecular weight excluding hydrogens is 271 g/mol. The lowest BCUT2D eigenvalue weighted by atomic mass is 10.1. The lowest BCUT2D eigenvalue weighted by molar-refractivity contribution is -0.136. The summed E-state index contributed by atoms with van der Waals surface area (Å²) in [6, 6.07) is 3.75. The minimum atomic E-state index is -4.47. The van der Waals surface area contributed by atoms with E-state index >= 15 is 0 Å². The van der Waals surface area contributed by atoms with Crippen LogP contribution in [0.3, 0.4) is 0 Å². The zero-order valence-corrected chi connectivity index (χ0v) is 11.0. The van der Waals surface area contributed by atoms with Crippen molar-refractivity contribution in [1.29, 1.82) is 0 Å². The zero-order valence-electron chi connectivity index (χ0n) is 11.0. The Morgan fingerprint density at radius 3 is 2.70 bits per heavy atom. The van der Waals surface area contributed by atoms with Gasteiger partial charge in [-0.25, -0.2) is 0 Å². The lowest BCUT2D eigenvalue weighted by Crippen LogP contribution is -2.14. The maximum Gasteiger partial charge on any atom is 0.418 e. The number of hydrogen-bond acceptors (Lipinski definition) is 2. The maximum atomic E-state index is 12.8. The average Bonchev–Trinajstić information content (AvgIpc) is 2.70. The molecule has 0 spiro atoms. The molecular formula is C13H14F3N3O. The number of alkyl halides is 3. The minimum Gasteiger partial charge on any atom is -0.309 e. The van der Waals surface area contributed by atoms with Gasteiger partial charge in [0.05, 0.1) is 11.1 Å². The molecule has 0 unspecified atom stereocenters. The minimum absolute atomic E-state index is 0.122. The number of benzene rings is 1. The second kappa shape index (κ2) is 5.15. The van der Waals surface area contributed by atoms with Gasteiger partial charge >= 0.3 is 6.18 Å². The van der Waals surface area contributed by atoms with Crippen LogP contribution in [0.2, 0.25) is 0 Å². The van der Waals surface area contributed by atoms with Crippen LogP contribution in [0.25, 0.3) is 10.9 Å². The Morgan fingerprint density at radius 1 is 1.40 bits per heavy atom. The summed E-state index contributed by atoms with van der Waals surface area (Å²) in [5, 5.41) is 8.87. The maximum absolute atomic E-state index is 12.8. The largest absolute Gasteiger partial charge is 0.418 e. The van der Waals surface area contributed by atoms with Crippen molar-refractivity contribution in [2.75, 3.05) is 5.32 Å². The van der Waals surface area contributed by atoms with Crippen molar-refractivity contribution in [3.8, 4) is 0 Å². The number of amides is 1. The number of carbonyl (C=O) groups is 1. The predicted molar refractivity (Wildman–Crippen MR) is 69.2 cm³/mol. The van der Waals surface area contributed by atoms with Crippen LogP contribution >= 0.6 is 0 Å². The van der Waals surface area contributed by atoms with E-state index in [-0.39, 0.29) is 35.0 Å². The highest BCUT2D eigenvalue weighted by Crippen LogP contribution is 2.35. The van der Waals surface area contributed by atoms with E-state index < -0.39 is 11.7 Å². The quantitative estimate of drug-likeness (QED) is 0.905. The van der Waals surface area contributed by atoms with E-state index in [2.05, 4.69) is 15.5 Å². The van der Waals surface area contributed by atoms with Gasteiger partial charge in [0.1, 0.15) is 0 Å². The molecule has 0 aliphatic rings. The smallest absolute Gasteiger partial charge is 0.309 e. The Hall–Kier alpha value is -2.05. The van der Waals surface area contributed by atoms with Crippen LogP contribution in [0.15, 0.2) is 18.2 Å². The molecule has 0 bridgehead atoms. The molecule has 0 fully saturated rings. The number of halogens is 3. The van der Waals surface area contributed by atoms with Crippen molar-refractivity contribution in [3.63, 3.8) is 0 Å². The highest BCUT2D eigenvalue weighted by molar-refractivity contribution is 6.00. The normalized spacial score (nSPS) is 12.1. The molecule has 0 saturated heterocycles. The van der Waals surface area contributed by atoms with Crippen LogP contribution in [-0.4, -0.2) is 16.1 Å². The Labute approximate surface area is 113 Å². The van der Waals surface area contributed by atoms with E-state index in [4.69, 9.17) is 0 Å². The van der Waals surface area contributed by atoms with Crippen molar-refractivity contribution < 1.29 is 18.0 Å². The Balaban J connectivity index is 2.36. The van der Waals surface area contributed by atoms with Crippen molar-refractivity contribution >= 4 is 22.6 Å². The Bertz CT molecular complexity index is 631. The van der Waals surface area contributed by atoms with Gasteiger partial charge < -0.3 is 5.32 Å². The third kappa shape index (κ3) is 2.92. The number of aromatic amines is 1. The number of fused-ring (bicyclic) bond motifs is 1. The molecule has 20 heavy (non-hydrogen) atoms. The average molecular weight is 285 g/mol. The number of nitrogens with one attached hydrogen (secondary N) is 2. The van der Waals surface area contributed by atoms with E-state index in [1.165, 1.54) is 12.1 Å². The van der Waals surface area contributed by atoms with Gasteiger partial charge in [0.2, 0.25) is 5.91 Å². The molecule has 1 heterocycles. The van der Waals surface area contributed by atoms with Gasteiger partial charge in [-0.1, -0.05) is 19.9 Å². The summed E-state index contributed by atoms with van der Waals surface area (Å²) in [5.74, 6) is 0.00787. The molecule has 0 aliphatic carbocycles. The number of rotatable bonds is 3. The molecule has 108 valence electrons. The monoisotopic (exact) mass is 285 g/mol. The molecule has 1 amide bonds. The van der Waals surface area contributed by atoms with Crippen molar-refractivity contribution in [2.45, 2.75) is 26.4 Å². The standard InChI is InChI=1S/C13H14F3N3O/c1-7(2)6-10(20)17-12-8-4-3-5-9(13(14,15)16)11(8)18-19-12/h3-5,7H,6H2,1-2H3,(H2,17,18,19,20). The fourth-order valence-electron chi connectivity index (χ4n) is 1.93. The molecule has 2 N–H and O–H groups in total. The third-order valence-electron chi connectivity index (χ3n) is 2.76. The summed E-state index contributed by atoms with van der Waals surface area (Å²) in [6.07, 6.45) is -4.18. The molecule has 4 nitrogen and oxygen atoms in total. The fraction of sp³-hybridized carbons (Fsp3) is 0.385. The number of carbonyl (C=O) groups excluding carboxylic acids is 1. The van der Waals surface area contributed by atoms with E-state index in [1.54, 1.807) is 0 Å². The van der Waals surface area contributed by atoms with Gasteiger partial charge in [0, 0.05) is 11.8 Å². The SMILES string of the molecule is CC(C)CC(=O)Nc1n[nH]c2c(C(F)(F)F)cccc12. The highest BCUT2D eigenvalue weighted by atomic mass is 19.4. The van der Waals surface area contributed by atoms with Gasteiger partial charge in [-0.05, 0) is 18.1 Å². The van der Waals surface area contributed by atoms with Crippen LogP contribution in [-0.2, 0) is 11.0 Å². The number of nitrogens with zero attached hydrogens (tertiary/aromatic N) is 1. The first-order valence-electron chi connectivity index (χ1n) is 6.13. The van der Waals surface area contributed by atoms with Crippen LogP contribution in [0, 0.1) is 5.92 Å². The predicted octanol–water partition coefficient (Wildman–Crippen LogP) is 3.57. The van der Waals surface area contributed by atoms with Gasteiger partial charge in [0.25, 0.3) is 0 Å². The summed E-state index contributed by atoms with van der Waals surface area (Å²) in [6.45, 7) is 3.76. The number of H-pyrrole nitrogens is 1. The summed E-state index contributed by atoms with van der Waals surface area (Å²) in [4.78, 5) is 11.7. The molecule has 0 radical (unpaired) electrons. The highest BCUT2D eigenvalue weighted by Gasteiger charge is 2.33. The molecule has 0 aliphatic heterocycles. The molecule has 0 saturated carbocycles.